The first-order valence-electron chi connectivity index (χ1n) is 8.35. The fourth-order valence-corrected chi connectivity index (χ4v) is 3.33. The van der Waals surface area contributed by atoms with Crippen LogP contribution in [0, 0.1) is 0 Å². The zero-order valence-electron chi connectivity index (χ0n) is 13.8. The summed E-state index contributed by atoms with van der Waals surface area (Å²) in [6.45, 7) is 11.0. The Labute approximate surface area is 124 Å². The Hall–Kier alpha value is -0.610. The first-order valence-corrected chi connectivity index (χ1v) is 8.35. The van der Waals surface area contributed by atoms with Crippen LogP contribution in [0.1, 0.15) is 59.8 Å². The Morgan fingerprint density at radius 1 is 1.15 bits per heavy atom. The third kappa shape index (κ3) is 4.45. The summed E-state index contributed by atoms with van der Waals surface area (Å²) in [5.41, 5.74) is 6.00. The molecule has 2 N–H and O–H groups in total. The molecule has 1 rings (SSSR count). The summed E-state index contributed by atoms with van der Waals surface area (Å²) in [5.74, 6) is 0.276. The van der Waals surface area contributed by atoms with E-state index >= 15 is 0 Å². The maximum Gasteiger partial charge on any atom is 0.239 e. The molecule has 0 aromatic rings. The van der Waals surface area contributed by atoms with Crippen LogP contribution in [0.3, 0.4) is 0 Å². The van der Waals surface area contributed by atoms with Gasteiger partial charge in [0.15, 0.2) is 0 Å². The van der Waals surface area contributed by atoms with Gasteiger partial charge in [0.25, 0.3) is 0 Å². The van der Waals surface area contributed by atoms with Crippen molar-refractivity contribution >= 4 is 5.91 Å². The second-order valence-corrected chi connectivity index (χ2v) is 5.99. The number of nitrogens with zero attached hydrogens (tertiary/aromatic N) is 2. The molecule has 1 aliphatic carbocycles. The van der Waals surface area contributed by atoms with Crippen molar-refractivity contribution in [3.63, 3.8) is 0 Å². The number of hydrogen-bond acceptors (Lipinski definition) is 3. The third-order valence-electron chi connectivity index (χ3n) is 4.62. The number of likely N-dealkylation sites (N-methyl/N-ethyl adjacent to an activating group) is 1. The maximum absolute atomic E-state index is 12.6. The quantitative estimate of drug-likeness (QED) is 0.779. The van der Waals surface area contributed by atoms with E-state index in [1.54, 1.807) is 0 Å². The topological polar surface area (TPSA) is 49.6 Å². The first-order chi connectivity index (χ1) is 9.54. The van der Waals surface area contributed by atoms with Gasteiger partial charge in [-0.3, -0.25) is 9.69 Å². The van der Waals surface area contributed by atoms with Crippen molar-refractivity contribution in [2.75, 3.05) is 19.6 Å². The molecule has 1 atom stereocenters. The lowest BCUT2D eigenvalue weighted by Gasteiger charge is -2.40. The SMILES string of the molecule is CCCN(C1CCC(N)CC1)C(C)C(=O)N(CC)CC. The number of amides is 1. The van der Waals surface area contributed by atoms with Crippen molar-refractivity contribution < 1.29 is 4.79 Å². The average molecular weight is 283 g/mol. The van der Waals surface area contributed by atoms with E-state index in [-0.39, 0.29) is 11.9 Å². The number of hydrogen-bond donors (Lipinski definition) is 1. The zero-order chi connectivity index (χ0) is 15.1. The lowest BCUT2D eigenvalue weighted by atomic mass is 9.90. The number of carbonyl (C=O) groups is 1. The monoisotopic (exact) mass is 283 g/mol. The van der Waals surface area contributed by atoms with Gasteiger partial charge in [0.05, 0.1) is 6.04 Å². The van der Waals surface area contributed by atoms with E-state index in [2.05, 4.69) is 32.6 Å². The molecule has 1 amide bonds. The number of rotatable bonds is 7. The smallest absolute Gasteiger partial charge is 0.239 e. The van der Waals surface area contributed by atoms with E-state index in [0.717, 1.165) is 51.7 Å². The molecule has 1 saturated carbocycles. The Morgan fingerprint density at radius 3 is 2.15 bits per heavy atom. The summed E-state index contributed by atoms with van der Waals surface area (Å²) in [5, 5.41) is 0. The van der Waals surface area contributed by atoms with Crippen molar-refractivity contribution in [2.45, 2.75) is 77.9 Å². The fourth-order valence-electron chi connectivity index (χ4n) is 3.33. The van der Waals surface area contributed by atoms with E-state index < -0.39 is 0 Å². The highest BCUT2D eigenvalue weighted by Crippen LogP contribution is 2.24. The maximum atomic E-state index is 12.6. The van der Waals surface area contributed by atoms with Crippen LogP contribution in [-0.4, -0.2) is 53.5 Å². The summed E-state index contributed by atoms with van der Waals surface area (Å²) in [6, 6.07) is 0.891. The molecule has 0 heterocycles. The Bertz CT molecular complexity index is 283. The zero-order valence-corrected chi connectivity index (χ0v) is 13.8. The van der Waals surface area contributed by atoms with Crippen LogP contribution in [0.15, 0.2) is 0 Å². The molecule has 118 valence electrons. The van der Waals surface area contributed by atoms with Gasteiger partial charge in [-0.1, -0.05) is 6.92 Å². The molecule has 20 heavy (non-hydrogen) atoms. The van der Waals surface area contributed by atoms with Crippen LogP contribution < -0.4 is 5.73 Å². The van der Waals surface area contributed by atoms with Gasteiger partial charge in [0, 0.05) is 25.2 Å². The highest BCUT2D eigenvalue weighted by Gasteiger charge is 2.31. The van der Waals surface area contributed by atoms with Crippen molar-refractivity contribution in [3.05, 3.63) is 0 Å². The molecule has 4 nitrogen and oxygen atoms in total. The van der Waals surface area contributed by atoms with Gasteiger partial charge in [0.1, 0.15) is 0 Å². The minimum Gasteiger partial charge on any atom is -0.342 e. The molecule has 1 aliphatic rings. The van der Waals surface area contributed by atoms with Crippen molar-refractivity contribution in [2.24, 2.45) is 5.73 Å². The molecular weight excluding hydrogens is 250 g/mol. The van der Waals surface area contributed by atoms with E-state index in [1.165, 1.54) is 0 Å². The van der Waals surface area contributed by atoms with E-state index in [4.69, 9.17) is 5.73 Å². The largest absolute Gasteiger partial charge is 0.342 e. The average Bonchev–Trinajstić information content (AvgIpc) is 2.46. The summed E-state index contributed by atoms with van der Waals surface area (Å²) in [6.07, 6.45) is 5.56. The predicted molar refractivity (Wildman–Crippen MR) is 84.6 cm³/mol. The molecule has 0 aliphatic heterocycles. The normalized spacial score (nSPS) is 24.7. The predicted octanol–water partition coefficient (Wildman–Crippen LogP) is 2.23. The minimum atomic E-state index is -0.00539. The standard InChI is InChI=1S/C16H33N3O/c1-5-12-19(15-10-8-14(17)9-11-15)13(4)16(20)18(6-2)7-3/h13-15H,5-12,17H2,1-4H3. The molecule has 0 spiro atoms. The second-order valence-electron chi connectivity index (χ2n) is 5.99. The Morgan fingerprint density at radius 2 is 1.70 bits per heavy atom. The van der Waals surface area contributed by atoms with Crippen LogP contribution in [0.5, 0.6) is 0 Å². The molecular formula is C16H33N3O. The molecule has 1 unspecified atom stereocenters. The van der Waals surface area contributed by atoms with Crippen LogP contribution in [-0.2, 0) is 4.79 Å². The minimum absolute atomic E-state index is 0.00539. The second kappa shape index (κ2) is 8.63. The summed E-state index contributed by atoms with van der Waals surface area (Å²) in [7, 11) is 0. The molecule has 0 bridgehead atoms. The van der Waals surface area contributed by atoms with Gasteiger partial charge >= 0.3 is 0 Å². The highest BCUT2D eigenvalue weighted by molar-refractivity contribution is 5.81. The van der Waals surface area contributed by atoms with Gasteiger partial charge in [-0.2, -0.15) is 0 Å². The highest BCUT2D eigenvalue weighted by atomic mass is 16.2. The third-order valence-corrected chi connectivity index (χ3v) is 4.62. The lowest BCUT2D eigenvalue weighted by molar-refractivity contribution is -0.137. The Kier molecular flexibility index (Phi) is 7.52. The molecule has 4 heteroatoms. The fraction of sp³-hybridized carbons (Fsp3) is 0.938. The van der Waals surface area contributed by atoms with E-state index in [1.807, 2.05) is 4.90 Å². The molecule has 1 fully saturated rings. The number of carbonyl (C=O) groups excluding carboxylic acids is 1. The van der Waals surface area contributed by atoms with Gasteiger partial charge < -0.3 is 10.6 Å². The van der Waals surface area contributed by atoms with Crippen molar-refractivity contribution in [1.82, 2.24) is 9.80 Å². The Balaban J connectivity index is 2.71. The van der Waals surface area contributed by atoms with Crippen molar-refractivity contribution in [1.29, 1.82) is 0 Å². The number of nitrogens with two attached hydrogens (primary N) is 1. The van der Waals surface area contributed by atoms with E-state index in [0.29, 0.717) is 12.1 Å². The van der Waals surface area contributed by atoms with Crippen LogP contribution in [0.4, 0.5) is 0 Å². The molecule has 0 aromatic heterocycles. The van der Waals surface area contributed by atoms with Gasteiger partial charge in [-0.15, -0.1) is 0 Å². The molecule has 0 saturated heterocycles. The first kappa shape index (κ1) is 17.4. The summed E-state index contributed by atoms with van der Waals surface area (Å²) < 4.78 is 0. The molecule has 0 aromatic carbocycles. The van der Waals surface area contributed by atoms with Crippen molar-refractivity contribution in [3.8, 4) is 0 Å². The summed E-state index contributed by atoms with van der Waals surface area (Å²) >= 11 is 0. The van der Waals surface area contributed by atoms with Gasteiger partial charge in [-0.05, 0) is 59.4 Å². The molecule has 0 radical (unpaired) electrons. The van der Waals surface area contributed by atoms with Gasteiger partial charge in [0.2, 0.25) is 5.91 Å². The lowest BCUT2D eigenvalue weighted by Crippen LogP contribution is -2.52. The van der Waals surface area contributed by atoms with Crippen LogP contribution in [0.2, 0.25) is 0 Å². The van der Waals surface area contributed by atoms with E-state index in [9.17, 15) is 4.79 Å². The summed E-state index contributed by atoms with van der Waals surface area (Å²) in [4.78, 5) is 17.0. The van der Waals surface area contributed by atoms with Crippen LogP contribution >= 0.6 is 0 Å². The van der Waals surface area contributed by atoms with Gasteiger partial charge in [-0.25, -0.2) is 0 Å². The van der Waals surface area contributed by atoms with Crippen LogP contribution in [0.25, 0.3) is 0 Å².